The molecule has 2 atom stereocenters. The summed E-state index contributed by atoms with van der Waals surface area (Å²) >= 11 is 5.94. The first kappa shape index (κ1) is 16.0. The number of carbonyl (C=O) groups excluding carboxylic acids is 3. The molecule has 1 fully saturated rings. The van der Waals surface area contributed by atoms with Gasteiger partial charge in [-0.2, -0.15) is 0 Å². The largest absolute Gasteiger partial charge is 0.466 e. The molecule has 0 N–H and O–H groups in total. The molecule has 2 aromatic rings. The molecule has 0 aromatic heterocycles. The van der Waals surface area contributed by atoms with Gasteiger partial charge in [0.15, 0.2) is 11.6 Å². The first-order chi connectivity index (χ1) is 12.0. The minimum absolute atomic E-state index is 0.202. The molecule has 1 spiro atoms. The first-order valence-corrected chi connectivity index (χ1v) is 8.52. The molecule has 0 bridgehead atoms. The lowest BCUT2D eigenvalue weighted by molar-refractivity contribution is -0.145. The van der Waals surface area contributed by atoms with Crippen molar-refractivity contribution < 1.29 is 19.1 Å². The summed E-state index contributed by atoms with van der Waals surface area (Å²) < 4.78 is 5.15. The average molecular weight is 355 g/mol. The Hall–Kier alpha value is -2.46. The Morgan fingerprint density at radius 1 is 1.04 bits per heavy atom. The van der Waals surface area contributed by atoms with E-state index < -0.39 is 23.2 Å². The monoisotopic (exact) mass is 354 g/mol. The summed E-state index contributed by atoms with van der Waals surface area (Å²) in [6.45, 7) is 1.91. The van der Waals surface area contributed by atoms with Crippen molar-refractivity contribution in [1.29, 1.82) is 0 Å². The van der Waals surface area contributed by atoms with E-state index in [9.17, 15) is 14.4 Å². The number of Topliss-reactive ketones (excluding diaryl/α,β-unsaturated/α-hetero) is 2. The van der Waals surface area contributed by atoms with E-state index in [0.717, 1.165) is 5.56 Å². The molecule has 4 rings (SSSR count). The predicted octanol–water partition coefficient (Wildman–Crippen LogP) is 3.68. The average Bonchev–Trinajstić information content (AvgIpc) is 3.27. The van der Waals surface area contributed by atoms with Gasteiger partial charge in [0.2, 0.25) is 0 Å². The molecule has 0 aliphatic heterocycles. The molecule has 1 saturated carbocycles. The fourth-order valence-electron chi connectivity index (χ4n) is 4.06. The Labute approximate surface area is 149 Å². The van der Waals surface area contributed by atoms with Crippen LogP contribution in [0, 0.1) is 11.3 Å². The molecule has 0 amide bonds. The molecule has 0 heterocycles. The van der Waals surface area contributed by atoms with E-state index in [-0.39, 0.29) is 18.2 Å². The summed E-state index contributed by atoms with van der Waals surface area (Å²) in [4.78, 5) is 38.7. The maximum Gasteiger partial charge on any atom is 0.311 e. The molecule has 5 heteroatoms. The Kier molecular flexibility index (Phi) is 3.55. The number of hydrogen-bond acceptors (Lipinski definition) is 4. The molecule has 2 aliphatic rings. The van der Waals surface area contributed by atoms with Gasteiger partial charge in [0.05, 0.1) is 12.5 Å². The van der Waals surface area contributed by atoms with E-state index in [4.69, 9.17) is 16.3 Å². The van der Waals surface area contributed by atoms with Crippen LogP contribution >= 0.6 is 11.6 Å². The van der Waals surface area contributed by atoms with Crippen molar-refractivity contribution in [3.8, 4) is 0 Å². The van der Waals surface area contributed by atoms with Gasteiger partial charge in [0.25, 0.3) is 0 Å². The van der Waals surface area contributed by atoms with Crippen LogP contribution in [0.25, 0.3) is 0 Å². The third-order valence-corrected chi connectivity index (χ3v) is 5.39. The number of benzene rings is 2. The van der Waals surface area contributed by atoms with Gasteiger partial charge in [-0.05, 0) is 24.6 Å². The maximum absolute atomic E-state index is 13.1. The molecule has 2 aromatic carbocycles. The predicted molar refractivity (Wildman–Crippen MR) is 91.9 cm³/mol. The second-order valence-corrected chi connectivity index (χ2v) is 6.77. The van der Waals surface area contributed by atoms with Crippen LogP contribution in [-0.4, -0.2) is 24.1 Å². The van der Waals surface area contributed by atoms with Crippen molar-refractivity contribution >= 4 is 29.1 Å². The maximum atomic E-state index is 13.1. The third-order valence-electron chi connectivity index (χ3n) is 5.14. The van der Waals surface area contributed by atoms with Crippen molar-refractivity contribution in [2.75, 3.05) is 6.61 Å². The Morgan fingerprint density at radius 2 is 1.60 bits per heavy atom. The lowest BCUT2D eigenvalue weighted by Crippen LogP contribution is -2.24. The van der Waals surface area contributed by atoms with Crippen LogP contribution in [0.1, 0.15) is 39.1 Å². The van der Waals surface area contributed by atoms with Gasteiger partial charge < -0.3 is 4.74 Å². The number of esters is 1. The van der Waals surface area contributed by atoms with E-state index in [2.05, 4.69) is 0 Å². The Morgan fingerprint density at radius 3 is 2.12 bits per heavy atom. The first-order valence-electron chi connectivity index (χ1n) is 8.14. The van der Waals surface area contributed by atoms with Gasteiger partial charge in [-0.25, -0.2) is 0 Å². The Balaban J connectivity index is 1.84. The summed E-state index contributed by atoms with van der Waals surface area (Å²) in [5.74, 6) is -2.38. The van der Waals surface area contributed by atoms with Crippen LogP contribution in [0.4, 0.5) is 0 Å². The molecule has 0 radical (unpaired) electrons. The zero-order valence-corrected chi connectivity index (χ0v) is 14.2. The zero-order valence-electron chi connectivity index (χ0n) is 13.5. The van der Waals surface area contributed by atoms with Gasteiger partial charge in [0, 0.05) is 22.1 Å². The number of fused-ring (bicyclic) bond motifs is 1. The van der Waals surface area contributed by atoms with Crippen LogP contribution in [-0.2, 0) is 9.53 Å². The summed E-state index contributed by atoms with van der Waals surface area (Å²) in [7, 11) is 0. The highest BCUT2D eigenvalue weighted by molar-refractivity contribution is 6.34. The lowest BCUT2D eigenvalue weighted by atomic mass is 9.93. The number of halogens is 1. The van der Waals surface area contributed by atoms with E-state index in [1.54, 1.807) is 55.5 Å². The fourth-order valence-corrected chi connectivity index (χ4v) is 4.19. The van der Waals surface area contributed by atoms with Crippen LogP contribution in [0.5, 0.6) is 0 Å². The van der Waals surface area contributed by atoms with Gasteiger partial charge >= 0.3 is 5.97 Å². The van der Waals surface area contributed by atoms with Gasteiger partial charge in [-0.1, -0.05) is 48.0 Å². The summed E-state index contributed by atoms with van der Waals surface area (Å²) in [5, 5.41) is 0.554. The standard InChI is InChI=1S/C20H15ClO4/c1-2-25-19(24)16-15(11-7-9-12(21)10-8-11)20(16)17(22)13-5-3-4-6-14(13)18(20)23/h3-10,15-16H,2H2,1H3/t15-,16+/m0/s1. The number of carbonyl (C=O) groups is 3. The molecule has 126 valence electrons. The zero-order chi connectivity index (χ0) is 17.8. The quantitative estimate of drug-likeness (QED) is 0.623. The molecular weight excluding hydrogens is 340 g/mol. The second kappa shape index (κ2) is 5.53. The van der Waals surface area contributed by atoms with Crippen LogP contribution in [0.2, 0.25) is 5.02 Å². The normalized spacial score (nSPS) is 22.8. The number of ether oxygens (including phenoxy) is 1. The fraction of sp³-hybridized carbons (Fsp3) is 0.250. The van der Waals surface area contributed by atoms with Crippen LogP contribution < -0.4 is 0 Å². The number of ketones is 2. The van der Waals surface area contributed by atoms with Crippen LogP contribution in [0.15, 0.2) is 48.5 Å². The molecule has 2 aliphatic carbocycles. The molecule has 0 saturated heterocycles. The summed E-state index contributed by atoms with van der Waals surface area (Å²) in [6, 6.07) is 13.6. The van der Waals surface area contributed by atoms with Gasteiger partial charge in [0.1, 0.15) is 5.41 Å². The van der Waals surface area contributed by atoms with E-state index in [0.29, 0.717) is 16.1 Å². The topological polar surface area (TPSA) is 60.4 Å². The van der Waals surface area contributed by atoms with Crippen LogP contribution in [0.3, 0.4) is 0 Å². The minimum atomic E-state index is -1.37. The van der Waals surface area contributed by atoms with Gasteiger partial charge in [-0.15, -0.1) is 0 Å². The highest BCUT2D eigenvalue weighted by Gasteiger charge is 2.79. The highest BCUT2D eigenvalue weighted by Crippen LogP contribution is 2.70. The third kappa shape index (κ3) is 2.04. The minimum Gasteiger partial charge on any atom is -0.466 e. The smallest absolute Gasteiger partial charge is 0.311 e. The number of rotatable bonds is 3. The van der Waals surface area contributed by atoms with E-state index in [1.165, 1.54) is 0 Å². The van der Waals surface area contributed by atoms with Crippen molar-refractivity contribution in [3.63, 3.8) is 0 Å². The lowest BCUT2D eigenvalue weighted by Gasteiger charge is -2.06. The van der Waals surface area contributed by atoms with Crippen molar-refractivity contribution in [1.82, 2.24) is 0 Å². The van der Waals surface area contributed by atoms with E-state index in [1.807, 2.05) is 0 Å². The molecule has 25 heavy (non-hydrogen) atoms. The number of hydrogen-bond donors (Lipinski definition) is 0. The van der Waals surface area contributed by atoms with Crippen molar-refractivity contribution in [3.05, 3.63) is 70.2 Å². The summed E-state index contributed by atoms with van der Waals surface area (Å²) in [6.07, 6.45) is 0. The van der Waals surface area contributed by atoms with Crippen molar-refractivity contribution in [2.45, 2.75) is 12.8 Å². The highest BCUT2D eigenvalue weighted by atomic mass is 35.5. The van der Waals surface area contributed by atoms with Gasteiger partial charge in [-0.3, -0.25) is 14.4 Å². The molecule has 0 unspecified atom stereocenters. The molecule has 4 nitrogen and oxygen atoms in total. The summed E-state index contributed by atoms with van der Waals surface area (Å²) in [5.41, 5.74) is 0.150. The Bertz CT molecular complexity index is 865. The van der Waals surface area contributed by atoms with E-state index >= 15 is 0 Å². The SMILES string of the molecule is CCOC(=O)[C@H]1[C@H](c2ccc(Cl)cc2)C12C(=O)c1ccccc1C2=O. The second-order valence-electron chi connectivity index (χ2n) is 6.33. The van der Waals surface area contributed by atoms with Crippen molar-refractivity contribution in [2.24, 2.45) is 11.3 Å². The molecular formula is C20H15ClO4.